The third-order valence-corrected chi connectivity index (χ3v) is 6.86. The molecule has 3 rings (SSSR count). The smallest absolute Gasteiger partial charge is 0.406 e. The summed E-state index contributed by atoms with van der Waals surface area (Å²) in [4.78, 5) is 25.5. The highest BCUT2D eigenvalue weighted by molar-refractivity contribution is 9.10. The summed E-state index contributed by atoms with van der Waals surface area (Å²) in [6, 6.07) is 7.64. The highest BCUT2D eigenvalue weighted by Crippen LogP contribution is 2.38. The number of fused-ring (bicyclic) bond motifs is 1. The molecule has 2 amide bonds. The quantitative estimate of drug-likeness (QED) is 0.603. The topological polar surface area (TPSA) is 92.8 Å². The number of carbonyl (C=O) groups excluding carboxylic acids is 2. The molecule has 0 saturated heterocycles. The van der Waals surface area contributed by atoms with E-state index >= 15 is 0 Å². The molecule has 1 aliphatic rings. The van der Waals surface area contributed by atoms with E-state index in [1.807, 2.05) is 0 Å². The molecule has 1 N–H and O–H groups in total. The number of ether oxygens (including phenoxy) is 1. The maximum atomic E-state index is 13.0. The number of nitrogens with zero attached hydrogens (tertiary/aromatic N) is 1. The van der Waals surface area contributed by atoms with Crippen molar-refractivity contribution in [1.29, 1.82) is 0 Å². The van der Waals surface area contributed by atoms with Crippen LogP contribution in [0.25, 0.3) is 0 Å². The van der Waals surface area contributed by atoms with Crippen LogP contribution >= 0.6 is 15.9 Å². The molecule has 0 fully saturated rings. The molecule has 0 radical (unpaired) electrons. The second-order valence-electron chi connectivity index (χ2n) is 7.02. The van der Waals surface area contributed by atoms with Gasteiger partial charge < -0.3 is 15.0 Å². The Morgan fingerprint density at radius 1 is 1.19 bits per heavy atom. The Morgan fingerprint density at radius 3 is 2.44 bits per heavy atom. The van der Waals surface area contributed by atoms with Crippen LogP contribution in [0, 0.1) is 0 Å². The Bertz CT molecular complexity index is 1150. The molecule has 2 aromatic carbocycles. The fraction of sp³-hybridized carbons (Fsp3) is 0.300. The predicted octanol–water partition coefficient (Wildman–Crippen LogP) is 4.06. The normalized spacial score (nSPS) is 13.6. The highest BCUT2D eigenvalue weighted by atomic mass is 79.9. The third-order valence-electron chi connectivity index (χ3n) is 4.68. The molecule has 2 aromatic rings. The van der Waals surface area contributed by atoms with Crippen LogP contribution in [0.2, 0.25) is 0 Å². The van der Waals surface area contributed by atoms with Gasteiger partial charge in [-0.15, -0.1) is 13.2 Å². The number of hydrogen-bond donors (Lipinski definition) is 1. The second-order valence-corrected chi connectivity index (χ2v) is 10.0. The van der Waals surface area contributed by atoms with Gasteiger partial charge in [-0.25, -0.2) is 8.42 Å². The minimum atomic E-state index is -4.83. The minimum Gasteiger partial charge on any atom is -0.406 e. The van der Waals surface area contributed by atoms with E-state index in [0.29, 0.717) is 23.1 Å². The first kappa shape index (κ1) is 24.1. The molecule has 1 heterocycles. The van der Waals surface area contributed by atoms with E-state index in [1.54, 1.807) is 6.07 Å². The molecule has 0 aliphatic carbocycles. The predicted molar refractivity (Wildman–Crippen MR) is 114 cm³/mol. The van der Waals surface area contributed by atoms with Gasteiger partial charge in [0.1, 0.15) is 5.75 Å². The highest BCUT2D eigenvalue weighted by Gasteiger charge is 2.32. The number of amides is 2. The first-order valence-electron chi connectivity index (χ1n) is 9.35. The summed E-state index contributed by atoms with van der Waals surface area (Å²) in [5.74, 6) is -1.87. The summed E-state index contributed by atoms with van der Waals surface area (Å²) in [5.41, 5.74) is 1.24. The van der Waals surface area contributed by atoms with Gasteiger partial charge in [0.2, 0.25) is 11.8 Å². The fourth-order valence-electron chi connectivity index (χ4n) is 3.32. The standard InChI is InChI=1S/C20H18BrF3N2O5S/c1-12(27)26-8-6-13-10-14(21)11-17(19(13)26)32(29,30)9-7-18(28)25-15-2-4-16(5-3-15)31-20(22,23)24/h2-5,10-11H,6-9H2,1H3,(H,25,28). The third kappa shape index (κ3) is 5.80. The summed E-state index contributed by atoms with van der Waals surface area (Å²) >= 11 is 3.29. The summed E-state index contributed by atoms with van der Waals surface area (Å²) in [6.45, 7) is 1.73. The van der Waals surface area contributed by atoms with Crippen LogP contribution in [-0.4, -0.2) is 38.9 Å². The molecule has 0 spiro atoms. The molecule has 32 heavy (non-hydrogen) atoms. The number of halogens is 4. The number of alkyl halides is 3. The lowest BCUT2D eigenvalue weighted by atomic mass is 10.2. The summed E-state index contributed by atoms with van der Waals surface area (Å²) in [7, 11) is -3.92. The van der Waals surface area contributed by atoms with E-state index in [9.17, 15) is 31.2 Å². The van der Waals surface area contributed by atoms with Crippen molar-refractivity contribution in [1.82, 2.24) is 0 Å². The van der Waals surface area contributed by atoms with Crippen LogP contribution in [0.15, 0.2) is 45.8 Å². The Balaban J connectivity index is 1.70. The van der Waals surface area contributed by atoms with E-state index in [0.717, 1.165) is 17.7 Å². The van der Waals surface area contributed by atoms with Crippen LogP contribution in [0.3, 0.4) is 0 Å². The van der Waals surface area contributed by atoms with Gasteiger partial charge >= 0.3 is 6.36 Å². The number of anilines is 2. The average Bonchev–Trinajstić information content (AvgIpc) is 3.10. The van der Waals surface area contributed by atoms with Crippen LogP contribution in [0.4, 0.5) is 24.5 Å². The van der Waals surface area contributed by atoms with Crippen molar-refractivity contribution in [2.45, 2.75) is 31.0 Å². The molecular weight excluding hydrogens is 517 g/mol. The van der Waals surface area contributed by atoms with E-state index < -0.39 is 33.6 Å². The molecule has 0 bridgehead atoms. The van der Waals surface area contributed by atoms with Crippen molar-refractivity contribution in [3.8, 4) is 5.75 Å². The van der Waals surface area contributed by atoms with E-state index in [4.69, 9.17) is 0 Å². The van der Waals surface area contributed by atoms with Gasteiger partial charge in [-0.05, 0) is 48.4 Å². The van der Waals surface area contributed by atoms with Gasteiger partial charge in [0.25, 0.3) is 0 Å². The number of hydrogen-bond acceptors (Lipinski definition) is 5. The summed E-state index contributed by atoms with van der Waals surface area (Å²) in [6.07, 6.45) is -4.69. The molecule has 0 atom stereocenters. The lowest BCUT2D eigenvalue weighted by Crippen LogP contribution is -2.27. The maximum absolute atomic E-state index is 13.0. The SMILES string of the molecule is CC(=O)N1CCc2cc(Br)cc(S(=O)(=O)CCC(=O)Nc3ccc(OC(F)(F)F)cc3)c21. The number of nitrogens with one attached hydrogen (secondary N) is 1. The molecule has 172 valence electrons. The Labute approximate surface area is 190 Å². The molecule has 12 heteroatoms. The minimum absolute atomic E-state index is 0.0315. The van der Waals surface area contributed by atoms with Crippen molar-refractivity contribution in [2.24, 2.45) is 0 Å². The van der Waals surface area contributed by atoms with E-state index in [1.165, 1.54) is 30.0 Å². The summed E-state index contributed by atoms with van der Waals surface area (Å²) < 4.78 is 66.9. The average molecular weight is 535 g/mol. The number of sulfone groups is 1. The van der Waals surface area contributed by atoms with Crippen molar-refractivity contribution >= 4 is 49.0 Å². The zero-order valence-corrected chi connectivity index (χ0v) is 19.1. The first-order chi connectivity index (χ1) is 14.9. The largest absolute Gasteiger partial charge is 0.573 e. The van der Waals surface area contributed by atoms with E-state index in [2.05, 4.69) is 26.0 Å². The molecular formula is C20H18BrF3N2O5S. The molecule has 7 nitrogen and oxygen atoms in total. The number of benzene rings is 2. The Morgan fingerprint density at radius 2 is 1.84 bits per heavy atom. The first-order valence-corrected chi connectivity index (χ1v) is 11.8. The van der Waals surface area contributed by atoms with Gasteiger partial charge in [0.05, 0.1) is 16.3 Å². The zero-order valence-electron chi connectivity index (χ0n) is 16.7. The van der Waals surface area contributed by atoms with Crippen molar-refractivity contribution in [3.05, 3.63) is 46.4 Å². The monoisotopic (exact) mass is 534 g/mol. The lowest BCUT2D eigenvalue weighted by Gasteiger charge is -2.19. The number of carbonyl (C=O) groups is 2. The van der Waals surface area contributed by atoms with Crippen molar-refractivity contribution < 1.29 is 35.9 Å². The summed E-state index contributed by atoms with van der Waals surface area (Å²) in [5, 5.41) is 2.43. The van der Waals surface area contributed by atoms with Crippen molar-refractivity contribution in [3.63, 3.8) is 0 Å². The van der Waals surface area contributed by atoms with E-state index in [-0.39, 0.29) is 22.9 Å². The Hall–Kier alpha value is -2.60. The molecule has 0 unspecified atom stereocenters. The molecule has 0 saturated carbocycles. The van der Waals surface area contributed by atoms with Crippen LogP contribution in [0.1, 0.15) is 18.9 Å². The van der Waals surface area contributed by atoms with Gasteiger partial charge in [0.15, 0.2) is 9.84 Å². The van der Waals surface area contributed by atoms with Gasteiger partial charge in [-0.2, -0.15) is 0 Å². The van der Waals surface area contributed by atoms with Crippen molar-refractivity contribution in [2.75, 3.05) is 22.5 Å². The second kappa shape index (κ2) is 9.10. The lowest BCUT2D eigenvalue weighted by molar-refractivity contribution is -0.274. The zero-order chi connectivity index (χ0) is 23.7. The maximum Gasteiger partial charge on any atom is 0.573 e. The molecule has 1 aliphatic heterocycles. The van der Waals surface area contributed by atoms with Gasteiger partial charge in [-0.3, -0.25) is 9.59 Å². The van der Waals surface area contributed by atoms with Gasteiger partial charge in [-0.1, -0.05) is 15.9 Å². The fourth-order valence-corrected chi connectivity index (χ4v) is 5.49. The van der Waals surface area contributed by atoms with Gasteiger partial charge in [0, 0.05) is 30.0 Å². The van der Waals surface area contributed by atoms with Crippen LogP contribution in [0.5, 0.6) is 5.75 Å². The van der Waals surface area contributed by atoms with Crippen LogP contribution < -0.4 is 15.0 Å². The number of rotatable bonds is 6. The Kier molecular flexibility index (Phi) is 6.84. The van der Waals surface area contributed by atoms with Crippen LogP contribution in [-0.2, 0) is 25.8 Å². The molecule has 0 aromatic heterocycles.